The van der Waals surface area contributed by atoms with E-state index in [1.54, 1.807) is 17.5 Å². The molecule has 0 unspecified atom stereocenters. The molecule has 0 amide bonds. The summed E-state index contributed by atoms with van der Waals surface area (Å²) < 4.78 is 32.6. The van der Waals surface area contributed by atoms with Crippen molar-refractivity contribution in [2.45, 2.75) is 13.0 Å². The molecule has 0 spiro atoms. The van der Waals surface area contributed by atoms with Gasteiger partial charge in [0.05, 0.1) is 22.9 Å². The third-order valence-electron chi connectivity index (χ3n) is 3.70. The molecule has 0 saturated carbocycles. The standard InChI is InChI=1S/C19H20N2O3S2/c22-26(23,14-6-12-24-17-8-2-1-3-9-17)21-15-16-7-4-11-20-19(16)18-10-5-13-25-18/h1-5,7-11,13,21H,6,12,14-15H2. The van der Waals surface area contributed by atoms with E-state index in [1.165, 1.54) is 0 Å². The van der Waals surface area contributed by atoms with Crippen LogP contribution >= 0.6 is 11.3 Å². The molecule has 1 aromatic carbocycles. The van der Waals surface area contributed by atoms with Gasteiger partial charge in [-0.3, -0.25) is 4.98 Å². The fourth-order valence-corrected chi connectivity index (χ4v) is 4.21. The Labute approximate surface area is 157 Å². The zero-order valence-electron chi connectivity index (χ0n) is 14.2. The summed E-state index contributed by atoms with van der Waals surface area (Å²) in [5.41, 5.74) is 1.68. The first-order valence-corrected chi connectivity index (χ1v) is 10.8. The number of pyridine rings is 1. The van der Waals surface area contributed by atoms with Crippen molar-refractivity contribution in [3.8, 4) is 16.3 Å². The number of ether oxygens (including phenoxy) is 1. The Bertz CT molecular complexity index is 911. The van der Waals surface area contributed by atoms with Gasteiger partial charge in [-0.25, -0.2) is 13.1 Å². The molecular weight excluding hydrogens is 368 g/mol. The average molecular weight is 389 g/mol. The Morgan fingerprint density at radius 1 is 1.04 bits per heavy atom. The van der Waals surface area contributed by atoms with E-state index in [0.717, 1.165) is 21.9 Å². The van der Waals surface area contributed by atoms with Gasteiger partial charge >= 0.3 is 0 Å². The lowest BCUT2D eigenvalue weighted by Gasteiger charge is -2.10. The van der Waals surface area contributed by atoms with Gasteiger partial charge in [0.2, 0.25) is 10.0 Å². The van der Waals surface area contributed by atoms with Crippen LogP contribution < -0.4 is 9.46 Å². The number of para-hydroxylation sites is 1. The van der Waals surface area contributed by atoms with Gasteiger partial charge < -0.3 is 4.74 Å². The summed E-state index contributed by atoms with van der Waals surface area (Å²) in [6, 6.07) is 17.0. The van der Waals surface area contributed by atoms with Crippen molar-refractivity contribution in [2.24, 2.45) is 0 Å². The summed E-state index contributed by atoms with van der Waals surface area (Å²) in [7, 11) is -3.37. The van der Waals surface area contributed by atoms with Crippen LogP contribution in [0.1, 0.15) is 12.0 Å². The fraction of sp³-hybridized carbons (Fsp3) is 0.211. The molecule has 0 fully saturated rings. The minimum atomic E-state index is -3.37. The number of hydrogen-bond donors (Lipinski definition) is 1. The van der Waals surface area contributed by atoms with Crippen molar-refractivity contribution < 1.29 is 13.2 Å². The molecule has 0 aliphatic carbocycles. The quantitative estimate of drug-likeness (QED) is 0.568. The van der Waals surface area contributed by atoms with Crippen LogP contribution in [0.4, 0.5) is 0 Å². The molecule has 7 heteroatoms. The topological polar surface area (TPSA) is 68.3 Å². The predicted molar refractivity (Wildman–Crippen MR) is 105 cm³/mol. The van der Waals surface area contributed by atoms with E-state index < -0.39 is 10.0 Å². The molecule has 0 aliphatic heterocycles. The van der Waals surface area contributed by atoms with Crippen LogP contribution in [-0.2, 0) is 16.6 Å². The van der Waals surface area contributed by atoms with Crippen LogP contribution in [0.5, 0.6) is 5.75 Å². The Hall–Kier alpha value is -2.22. The first-order chi connectivity index (χ1) is 12.6. The second kappa shape index (κ2) is 8.93. The third-order valence-corrected chi connectivity index (χ3v) is 5.98. The van der Waals surface area contributed by atoms with Gasteiger partial charge in [-0.05, 0) is 41.6 Å². The number of nitrogens with one attached hydrogen (secondary N) is 1. The highest BCUT2D eigenvalue weighted by Crippen LogP contribution is 2.25. The maximum atomic E-state index is 12.2. The zero-order chi connectivity index (χ0) is 18.2. The second-order valence-electron chi connectivity index (χ2n) is 5.64. The Morgan fingerprint density at radius 2 is 1.88 bits per heavy atom. The molecule has 5 nitrogen and oxygen atoms in total. The molecule has 26 heavy (non-hydrogen) atoms. The predicted octanol–water partition coefficient (Wildman–Crippen LogP) is 3.70. The molecule has 136 valence electrons. The lowest BCUT2D eigenvalue weighted by atomic mass is 10.2. The van der Waals surface area contributed by atoms with E-state index >= 15 is 0 Å². The van der Waals surface area contributed by atoms with Crippen LogP contribution in [-0.4, -0.2) is 25.8 Å². The summed E-state index contributed by atoms with van der Waals surface area (Å²) in [5, 5.41) is 1.98. The van der Waals surface area contributed by atoms with Gasteiger partial charge in [0.15, 0.2) is 0 Å². The monoisotopic (exact) mass is 388 g/mol. The largest absolute Gasteiger partial charge is 0.494 e. The number of rotatable bonds is 9. The number of nitrogens with zero attached hydrogens (tertiary/aromatic N) is 1. The van der Waals surface area contributed by atoms with Gasteiger partial charge in [0.1, 0.15) is 5.75 Å². The van der Waals surface area contributed by atoms with Crippen LogP contribution in [0.25, 0.3) is 10.6 Å². The molecule has 2 heterocycles. The minimum Gasteiger partial charge on any atom is -0.494 e. The van der Waals surface area contributed by atoms with Crippen LogP contribution in [0.3, 0.4) is 0 Å². The Kier molecular flexibility index (Phi) is 6.38. The molecule has 0 saturated heterocycles. The van der Waals surface area contributed by atoms with Crippen LogP contribution in [0.15, 0.2) is 66.2 Å². The summed E-state index contributed by atoms with van der Waals surface area (Å²) in [5.74, 6) is 0.767. The molecule has 3 rings (SSSR count). The molecule has 0 atom stereocenters. The molecule has 0 aliphatic rings. The van der Waals surface area contributed by atoms with Gasteiger partial charge in [-0.2, -0.15) is 0 Å². The second-order valence-corrected chi connectivity index (χ2v) is 8.52. The molecular formula is C19H20N2O3S2. The summed E-state index contributed by atoms with van der Waals surface area (Å²) >= 11 is 1.58. The van der Waals surface area contributed by atoms with Gasteiger partial charge in [0.25, 0.3) is 0 Å². The molecule has 1 N–H and O–H groups in total. The average Bonchev–Trinajstić information content (AvgIpc) is 3.19. The number of benzene rings is 1. The normalized spacial score (nSPS) is 11.4. The lowest BCUT2D eigenvalue weighted by molar-refractivity contribution is 0.317. The highest BCUT2D eigenvalue weighted by molar-refractivity contribution is 7.89. The summed E-state index contributed by atoms with van der Waals surface area (Å²) in [6.45, 7) is 0.585. The number of hydrogen-bond acceptors (Lipinski definition) is 5. The van der Waals surface area contributed by atoms with E-state index in [2.05, 4.69) is 9.71 Å². The number of thiophene rings is 1. The molecule has 0 bridgehead atoms. The third kappa shape index (κ3) is 5.39. The van der Waals surface area contributed by atoms with Crippen molar-refractivity contribution in [1.82, 2.24) is 9.71 Å². The van der Waals surface area contributed by atoms with E-state index in [4.69, 9.17) is 4.74 Å². The first-order valence-electron chi connectivity index (χ1n) is 8.27. The minimum absolute atomic E-state index is 0.0223. The zero-order valence-corrected chi connectivity index (χ0v) is 15.8. The first kappa shape index (κ1) is 18.6. The van der Waals surface area contributed by atoms with Crippen LogP contribution in [0.2, 0.25) is 0 Å². The number of sulfonamides is 1. The fourth-order valence-electron chi connectivity index (χ4n) is 2.43. The van der Waals surface area contributed by atoms with Crippen molar-refractivity contribution >= 4 is 21.4 Å². The smallest absolute Gasteiger partial charge is 0.212 e. The van der Waals surface area contributed by atoms with Crippen molar-refractivity contribution in [3.63, 3.8) is 0 Å². The van der Waals surface area contributed by atoms with E-state index in [0.29, 0.717) is 13.0 Å². The SMILES string of the molecule is O=S(=O)(CCCOc1ccccc1)NCc1cccnc1-c1cccs1. The molecule has 2 aromatic heterocycles. The molecule has 0 radical (unpaired) electrons. The lowest BCUT2D eigenvalue weighted by Crippen LogP contribution is -2.27. The van der Waals surface area contributed by atoms with Gasteiger partial charge in [-0.1, -0.05) is 30.3 Å². The van der Waals surface area contributed by atoms with Gasteiger partial charge in [0, 0.05) is 12.7 Å². The Morgan fingerprint density at radius 3 is 2.65 bits per heavy atom. The maximum absolute atomic E-state index is 12.2. The van der Waals surface area contributed by atoms with Gasteiger partial charge in [-0.15, -0.1) is 11.3 Å². The number of aromatic nitrogens is 1. The van der Waals surface area contributed by atoms with E-state index in [9.17, 15) is 8.42 Å². The van der Waals surface area contributed by atoms with Crippen molar-refractivity contribution in [3.05, 3.63) is 71.7 Å². The van der Waals surface area contributed by atoms with Crippen molar-refractivity contribution in [2.75, 3.05) is 12.4 Å². The van der Waals surface area contributed by atoms with E-state index in [-0.39, 0.29) is 12.3 Å². The Balaban J connectivity index is 1.51. The van der Waals surface area contributed by atoms with Crippen molar-refractivity contribution in [1.29, 1.82) is 0 Å². The maximum Gasteiger partial charge on any atom is 0.212 e. The summed E-state index contributed by atoms with van der Waals surface area (Å²) in [4.78, 5) is 5.41. The van der Waals surface area contributed by atoms with E-state index in [1.807, 2.05) is 60.0 Å². The molecule has 3 aromatic rings. The van der Waals surface area contributed by atoms with Crippen LogP contribution in [0, 0.1) is 0 Å². The highest BCUT2D eigenvalue weighted by Gasteiger charge is 2.13. The summed E-state index contributed by atoms with van der Waals surface area (Å²) in [6.07, 6.45) is 2.14. The highest BCUT2D eigenvalue weighted by atomic mass is 32.2.